The summed E-state index contributed by atoms with van der Waals surface area (Å²) in [6.45, 7) is 14.5. The molecule has 0 heteroatoms. The zero-order chi connectivity index (χ0) is 15.0. The van der Waals surface area contributed by atoms with Gasteiger partial charge in [-0.3, -0.25) is 0 Å². The maximum atomic E-state index is 2.60. The third-order valence-electron chi connectivity index (χ3n) is 7.15. The molecule has 0 N–H and O–H groups in total. The van der Waals surface area contributed by atoms with Gasteiger partial charge in [0.05, 0.1) is 0 Å². The molecule has 1 saturated carbocycles. The maximum absolute atomic E-state index is 2.60. The molecular formula is C20H34. The van der Waals surface area contributed by atoms with Gasteiger partial charge in [0.1, 0.15) is 0 Å². The highest BCUT2D eigenvalue weighted by molar-refractivity contribution is 5.21. The van der Waals surface area contributed by atoms with E-state index in [9.17, 15) is 0 Å². The van der Waals surface area contributed by atoms with Gasteiger partial charge in [0.2, 0.25) is 0 Å². The van der Waals surface area contributed by atoms with Gasteiger partial charge in [-0.25, -0.2) is 0 Å². The largest absolute Gasteiger partial charge is 0.0887 e. The van der Waals surface area contributed by atoms with Crippen LogP contribution in [0.5, 0.6) is 0 Å². The second-order valence-corrected chi connectivity index (χ2v) is 8.02. The van der Waals surface area contributed by atoms with Crippen molar-refractivity contribution in [1.82, 2.24) is 0 Å². The van der Waals surface area contributed by atoms with Gasteiger partial charge in [0.15, 0.2) is 0 Å². The summed E-state index contributed by atoms with van der Waals surface area (Å²) in [6.07, 6.45) is 13.0. The number of fused-ring (bicyclic) bond motifs is 1. The van der Waals surface area contributed by atoms with Crippen molar-refractivity contribution in [2.24, 2.45) is 22.7 Å². The molecule has 2 aliphatic carbocycles. The van der Waals surface area contributed by atoms with E-state index in [0.717, 1.165) is 11.8 Å². The van der Waals surface area contributed by atoms with E-state index in [2.05, 4.69) is 53.7 Å². The van der Waals surface area contributed by atoms with Gasteiger partial charge >= 0.3 is 0 Å². The first-order valence-electron chi connectivity index (χ1n) is 8.63. The van der Waals surface area contributed by atoms with Crippen LogP contribution in [0.1, 0.15) is 80.1 Å². The normalized spacial score (nSPS) is 42.1. The number of allylic oxidation sites excluding steroid dienone is 4. The third kappa shape index (κ3) is 2.51. The minimum atomic E-state index is 0.476. The summed E-state index contributed by atoms with van der Waals surface area (Å²) in [5.41, 5.74) is 4.24. The molecule has 114 valence electrons. The fourth-order valence-corrected chi connectivity index (χ4v) is 4.94. The molecule has 0 amide bonds. The smallest absolute Gasteiger partial charge is 0.00854 e. The van der Waals surface area contributed by atoms with Crippen LogP contribution in [0.15, 0.2) is 23.3 Å². The summed E-state index contributed by atoms with van der Waals surface area (Å²) in [4.78, 5) is 0. The molecule has 0 spiro atoms. The van der Waals surface area contributed by atoms with Crippen LogP contribution in [-0.2, 0) is 0 Å². The summed E-state index contributed by atoms with van der Waals surface area (Å²) in [7, 11) is 0. The average molecular weight is 274 g/mol. The van der Waals surface area contributed by atoms with Crippen LogP contribution in [0.3, 0.4) is 0 Å². The molecule has 0 aromatic heterocycles. The van der Waals surface area contributed by atoms with Gasteiger partial charge in [-0.2, -0.15) is 0 Å². The van der Waals surface area contributed by atoms with E-state index in [0.29, 0.717) is 10.8 Å². The fourth-order valence-electron chi connectivity index (χ4n) is 4.94. The predicted molar refractivity (Wildman–Crippen MR) is 89.8 cm³/mol. The molecule has 20 heavy (non-hydrogen) atoms. The highest BCUT2D eigenvalue weighted by Gasteiger charge is 2.52. The van der Waals surface area contributed by atoms with E-state index in [-0.39, 0.29) is 0 Å². The molecule has 2 rings (SSSR count). The molecule has 0 aliphatic heterocycles. The lowest BCUT2D eigenvalue weighted by molar-refractivity contribution is -0.0466. The lowest BCUT2D eigenvalue weighted by Gasteiger charge is -2.58. The first kappa shape index (κ1) is 15.9. The Labute approximate surface area is 126 Å². The molecule has 2 aliphatic rings. The Hall–Kier alpha value is -0.520. The van der Waals surface area contributed by atoms with Crippen LogP contribution in [0, 0.1) is 22.7 Å². The van der Waals surface area contributed by atoms with Gasteiger partial charge in [-0.05, 0) is 82.0 Å². The van der Waals surface area contributed by atoms with Crippen molar-refractivity contribution in [1.29, 1.82) is 0 Å². The third-order valence-corrected chi connectivity index (χ3v) is 7.15. The fraction of sp³-hybridized carbons (Fsp3) is 0.800. The van der Waals surface area contributed by atoms with Crippen molar-refractivity contribution >= 4 is 0 Å². The molecule has 0 saturated heterocycles. The van der Waals surface area contributed by atoms with Gasteiger partial charge in [0.25, 0.3) is 0 Å². The Morgan fingerprint density at radius 2 is 2.05 bits per heavy atom. The molecule has 0 nitrogen and oxygen atoms in total. The lowest BCUT2D eigenvalue weighted by Crippen LogP contribution is -2.49. The quantitative estimate of drug-likeness (QED) is 0.513. The molecule has 0 radical (unpaired) electrons. The van der Waals surface area contributed by atoms with Crippen LogP contribution >= 0.6 is 0 Å². The van der Waals surface area contributed by atoms with Crippen LogP contribution < -0.4 is 0 Å². The molecule has 0 aromatic rings. The first-order valence-corrected chi connectivity index (χ1v) is 8.63. The molecule has 0 bridgehead atoms. The van der Waals surface area contributed by atoms with Gasteiger partial charge in [0, 0.05) is 0 Å². The van der Waals surface area contributed by atoms with E-state index in [1.54, 1.807) is 11.1 Å². The summed E-state index contributed by atoms with van der Waals surface area (Å²) in [5, 5.41) is 0. The Morgan fingerprint density at radius 3 is 2.70 bits per heavy atom. The predicted octanol–water partition coefficient (Wildman–Crippen LogP) is 6.53. The highest BCUT2D eigenvalue weighted by Crippen LogP contribution is 2.61. The Kier molecular flexibility index (Phi) is 4.52. The minimum Gasteiger partial charge on any atom is -0.0887 e. The van der Waals surface area contributed by atoms with Crippen LogP contribution in [0.2, 0.25) is 0 Å². The van der Waals surface area contributed by atoms with Gasteiger partial charge < -0.3 is 0 Å². The molecule has 4 atom stereocenters. The monoisotopic (exact) mass is 274 g/mol. The van der Waals surface area contributed by atoms with E-state index in [1.807, 2.05) is 0 Å². The van der Waals surface area contributed by atoms with Crippen molar-refractivity contribution in [3.63, 3.8) is 0 Å². The summed E-state index contributed by atoms with van der Waals surface area (Å²) in [5.74, 6) is 1.75. The van der Waals surface area contributed by atoms with Crippen molar-refractivity contribution < 1.29 is 0 Å². The van der Waals surface area contributed by atoms with Gasteiger partial charge in [-0.1, -0.05) is 44.1 Å². The molecule has 1 fully saturated rings. The summed E-state index contributed by atoms with van der Waals surface area (Å²) < 4.78 is 0. The Morgan fingerprint density at radius 1 is 1.35 bits per heavy atom. The summed E-state index contributed by atoms with van der Waals surface area (Å²) >= 11 is 0. The average Bonchev–Trinajstić information content (AvgIpc) is 2.43. The van der Waals surface area contributed by atoms with E-state index in [1.165, 1.54) is 38.5 Å². The Balaban J connectivity index is 2.27. The SMILES string of the molecule is C/C=C(/C)CC[C@@]1(C)[C@H](C)CC[C@@]2(C)C(C)=CCC[C@H]12. The van der Waals surface area contributed by atoms with E-state index in [4.69, 9.17) is 0 Å². The molecule has 0 heterocycles. The second-order valence-electron chi connectivity index (χ2n) is 8.02. The maximum Gasteiger partial charge on any atom is -0.00854 e. The zero-order valence-electron chi connectivity index (χ0n) is 14.6. The van der Waals surface area contributed by atoms with Crippen LogP contribution in [-0.4, -0.2) is 0 Å². The van der Waals surface area contributed by atoms with Crippen molar-refractivity contribution in [2.45, 2.75) is 80.1 Å². The molecule has 0 unspecified atom stereocenters. The van der Waals surface area contributed by atoms with Crippen LogP contribution in [0.25, 0.3) is 0 Å². The molecular weight excluding hydrogens is 240 g/mol. The number of rotatable bonds is 3. The second kappa shape index (κ2) is 5.70. The molecule has 0 aromatic carbocycles. The number of hydrogen-bond donors (Lipinski definition) is 0. The highest BCUT2D eigenvalue weighted by atomic mass is 14.6. The zero-order valence-corrected chi connectivity index (χ0v) is 14.6. The minimum absolute atomic E-state index is 0.476. The van der Waals surface area contributed by atoms with Crippen molar-refractivity contribution in [2.75, 3.05) is 0 Å². The van der Waals surface area contributed by atoms with Crippen LogP contribution in [0.4, 0.5) is 0 Å². The number of hydrogen-bond acceptors (Lipinski definition) is 0. The standard InChI is InChI=1S/C20H34/c1-7-15(2)11-13-19(5)17(4)12-14-20(6)16(3)9-8-10-18(19)20/h7,9,17-18H,8,10-14H2,1-6H3/b15-7-/t17-,18-,19+,20+/m1/s1. The lowest BCUT2D eigenvalue weighted by atomic mass is 9.47. The Bertz CT molecular complexity index is 414. The van der Waals surface area contributed by atoms with E-state index < -0.39 is 0 Å². The topological polar surface area (TPSA) is 0 Å². The van der Waals surface area contributed by atoms with Crippen molar-refractivity contribution in [3.8, 4) is 0 Å². The van der Waals surface area contributed by atoms with E-state index >= 15 is 0 Å². The van der Waals surface area contributed by atoms with Crippen molar-refractivity contribution in [3.05, 3.63) is 23.3 Å². The van der Waals surface area contributed by atoms with Gasteiger partial charge in [-0.15, -0.1) is 0 Å². The summed E-state index contributed by atoms with van der Waals surface area (Å²) in [6, 6.07) is 0. The first-order chi connectivity index (χ1) is 9.34.